The molecule has 0 bridgehead atoms. The Morgan fingerprint density at radius 3 is 2.41 bits per heavy atom. The van der Waals surface area contributed by atoms with E-state index in [1.165, 1.54) is 39.0 Å². The smallest absolute Gasteiger partial charge is 0.300 e. The molecule has 1 saturated carbocycles. The summed E-state index contributed by atoms with van der Waals surface area (Å²) in [6.45, 7) is 4.71. The van der Waals surface area contributed by atoms with Gasteiger partial charge < -0.3 is 24.9 Å². The molecule has 2 aromatic carbocycles. The van der Waals surface area contributed by atoms with E-state index in [-0.39, 0.29) is 0 Å². The fraction of sp³-hybridized carbons (Fsp3) is 0.367. The van der Waals surface area contributed by atoms with Crippen molar-refractivity contribution in [3.63, 3.8) is 0 Å². The number of para-hydroxylation sites is 2. The lowest BCUT2D eigenvalue weighted by Gasteiger charge is -2.41. The number of benzene rings is 2. The number of anilines is 3. The van der Waals surface area contributed by atoms with Crippen molar-refractivity contribution in [3.8, 4) is 11.1 Å². The zero-order chi connectivity index (χ0) is 26.3. The Labute approximate surface area is 227 Å². The maximum Gasteiger partial charge on any atom is 0.300 e. The van der Waals surface area contributed by atoms with Crippen LogP contribution in [-0.2, 0) is 0 Å². The molecule has 0 radical (unpaired) electrons. The van der Waals surface area contributed by atoms with E-state index in [0.717, 1.165) is 51.8 Å². The SMILES string of the molecule is CN1CCN([C@H]2CC[C@@H](n3cc(-c4ccc(Nc5nc6ccccc6o5)cc4)c4c(N)ncnc43)CC2)CC1. The first-order valence-corrected chi connectivity index (χ1v) is 13.9. The summed E-state index contributed by atoms with van der Waals surface area (Å²) in [4.78, 5) is 18.7. The molecule has 0 amide bonds. The normalized spacial score (nSPS) is 21.1. The second-order valence-corrected chi connectivity index (χ2v) is 10.9. The van der Waals surface area contributed by atoms with Crippen molar-refractivity contribution < 1.29 is 4.42 Å². The van der Waals surface area contributed by atoms with Gasteiger partial charge in [-0.15, -0.1) is 0 Å². The summed E-state index contributed by atoms with van der Waals surface area (Å²) in [5, 5.41) is 4.20. The Hall–Kier alpha value is -3.95. The first-order chi connectivity index (χ1) is 19.1. The molecule has 3 aromatic heterocycles. The van der Waals surface area contributed by atoms with Crippen molar-refractivity contribution in [1.29, 1.82) is 0 Å². The molecular formula is C30H34N8O. The van der Waals surface area contributed by atoms with Crippen LogP contribution in [0.15, 0.2) is 65.5 Å². The van der Waals surface area contributed by atoms with Gasteiger partial charge in [-0.3, -0.25) is 4.90 Å². The van der Waals surface area contributed by atoms with Gasteiger partial charge in [0.05, 0.1) is 5.39 Å². The Balaban J connectivity index is 1.12. The number of oxazole rings is 1. The molecule has 0 spiro atoms. The van der Waals surface area contributed by atoms with Gasteiger partial charge in [0.2, 0.25) is 0 Å². The van der Waals surface area contributed by atoms with Crippen molar-refractivity contribution in [3.05, 3.63) is 61.1 Å². The van der Waals surface area contributed by atoms with E-state index < -0.39 is 0 Å². The molecule has 1 aliphatic carbocycles. The third-order valence-corrected chi connectivity index (χ3v) is 8.49. The predicted molar refractivity (Wildman–Crippen MR) is 155 cm³/mol. The number of nitrogens with zero attached hydrogens (tertiary/aromatic N) is 6. The maximum atomic E-state index is 6.43. The predicted octanol–water partition coefficient (Wildman–Crippen LogP) is 5.30. The number of nitrogens with one attached hydrogen (secondary N) is 1. The molecule has 5 aromatic rings. The van der Waals surface area contributed by atoms with Crippen LogP contribution < -0.4 is 11.1 Å². The Morgan fingerprint density at radius 2 is 1.64 bits per heavy atom. The second-order valence-electron chi connectivity index (χ2n) is 10.9. The largest absolute Gasteiger partial charge is 0.423 e. The van der Waals surface area contributed by atoms with E-state index in [9.17, 15) is 0 Å². The summed E-state index contributed by atoms with van der Waals surface area (Å²) in [6.07, 6.45) is 8.57. The molecule has 7 rings (SSSR count). The summed E-state index contributed by atoms with van der Waals surface area (Å²) >= 11 is 0. The van der Waals surface area contributed by atoms with Crippen LogP contribution in [-0.4, -0.2) is 68.6 Å². The van der Waals surface area contributed by atoms with Crippen molar-refractivity contribution >= 4 is 39.7 Å². The van der Waals surface area contributed by atoms with E-state index in [4.69, 9.17) is 15.1 Å². The number of nitrogens with two attached hydrogens (primary N) is 1. The Bertz CT molecular complexity index is 1560. The average Bonchev–Trinajstić information content (AvgIpc) is 3.56. The van der Waals surface area contributed by atoms with Crippen LogP contribution in [0.1, 0.15) is 31.7 Å². The van der Waals surface area contributed by atoms with Gasteiger partial charge in [-0.1, -0.05) is 24.3 Å². The first kappa shape index (κ1) is 24.1. The zero-order valence-corrected chi connectivity index (χ0v) is 22.3. The number of fused-ring (bicyclic) bond motifs is 2. The summed E-state index contributed by atoms with van der Waals surface area (Å²) < 4.78 is 8.17. The van der Waals surface area contributed by atoms with Gasteiger partial charge >= 0.3 is 0 Å². The monoisotopic (exact) mass is 522 g/mol. The van der Waals surface area contributed by atoms with Gasteiger partial charge in [0.25, 0.3) is 6.01 Å². The first-order valence-electron chi connectivity index (χ1n) is 13.9. The van der Waals surface area contributed by atoms with Crippen LogP contribution in [0, 0.1) is 0 Å². The quantitative estimate of drug-likeness (QED) is 0.321. The zero-order valence-electron chi connectivity index (χ0n) is 22.3. The van der Waals surface area contributed by atoms with Gasteiger partial charge in [0.1, 0.15) is 23.3 Å². The van der Waals surface area contributed by atoms with Gasteiger partial charge in [0, 0.05) is 55.7 Å². The highest BCUT2D eigenvalue weighted by Crippen LogP contribution is 2.39. The number of likely N-dealkylation sites (N-methyl/N-ethyl adjacent to an activating group) is 1. The number of aromatic nitrogens is 4. The molecule has 200 valence electrons. The van der Waals surface area contributed by atoms with Crippen molar-refractivity contribution in [2.45, 2.75) is 37.8 Å². The van der Waals surface area contributed by atoms with E-state index in [0.29, 0.717) is 23.9 Å². The van der Waals surface area contributed by atoms with Crippen LogP contribution in [0.2, 0.25) is 0 Å². The second kappa shape index (κ2) is 9.98. The third kappa shape index (κ3) is 4.62. The van der Waals surface area contributed by atoms with E-state index >= 15 is 0 Å². The maximum absolute atomic E-state index is 6.43. The van der Waals surface area contributed by atoms with E-state index in [1.807, 2.05) is 36.4 Å². The molecule has 3 N–H and O–H groups in total. The number of rotatable bonds is 5. The molecule has 1 aliphatic heterocycles. The Morgan fingerprint density at radius 1 is 0.897 bits per heavy atom. The number of hydrogen-bond donors (Lipinski definition) is 2. The summed E-state index contributed by atoms with van der Waals surface area (Å²) in [5.41, 5.74) is 12.0. The summed E-state index contributed by atoms with van der Waals surface area (Å²) in [5.74, 6) is 0.522. The molecule has 9 nitrogen and oxygen atoms in total. The topological polar surface area (TPSA) is 101 Å². The van der Waals surface area contributed by atoms with E-state index in [2.05, 4.69) is 55.0 Å². The highest BCUT2D eigenvalue weighted by Gasteiger charge is 2.30. The van der Waals surface area contributed by atoms with Crippen molar-refractivity contribution in [2.24, 2.45) is 0 Å². The molecular weight excluding hydrogens is 488 g/mol. The van der Waals surface area contributed by atoms with Crippen LogP contribution in [0.3, 0.4) is 0 Å². The van der Waals surface area contributed by atoms with Gasteiger partial charge in [-0.2, -0.15) is 4.98 Å². The van der Waals surface area contributed by atoms with E-state index in [1.54, 1.807) is 6.33 Å². The lowest BCUT2D eigenvalue weighted by Crippen LogP contribution is -2.49. The van der Waals surface area contributed by atoms with Gasteiger partial charge in [0.15, 0.2) is 5.58 Å². The molecule has 2 fully saturated rings. The minimum atomic E-state index is 0.416. The lowest BCUT2D eigenvalue weighted by atomic mass is 9.89. The number of piperazine rings is 1. The fourth-order valence-corrected chi connectivity index (χ4v) is 6.28. The van der Waals surface area contributed by atoms with Crippen molar-refractivity contribution in [2.75, 3.05) is 44.3 Å². The van der Waals surface area contributed by atoms with Gasteiger partial charge in [-0.25, -0.2) is 9.97 Å². The summed E-state index contributed by atoms with van der Waals surface area (Å²) in [7, 11) is 2.22. The van der Waals surface area contributed by atoms with Crippen LogP contribution in [0.5, 0.6) is 0 Å². The molecule has 2 aliphatic rings. The highest BCUT2D eigenvalue weighted by molar-refractivity contribution is 6.00. The molecule has 4 heterocycles. The minimum absolute atomic E-state index is 0.416. The molecule has 1 saturated heterocycles. The van der Waals surface area contributed by atoms with Gasteiger partial charge in [-0.05, 0) is 62.6 Å². The molecule has 39 heavy (non-hydrogen) atoms. The highest BCUT2D eigenvalue weighted by atomic mass is 16.4. The lowest BCUT2D eigenvalue weighted by molar-refractivity contribution is 0.0828. The Kier molecular flexibility index (Phi) is 6.17. The molecule has 0 atom stereocenters. The molecule has 9 heteroatoms. The standard InChI is InChI=1S/C30H34N8O/c1-36-14-16-37(17-15-36)22-10-12-23(13-11-22)38-18-24(27-28(31)32-19-33-29(27)38)20-6-8-21(9-7-20)34-30-35-25-4-2-3-5-26(25)39-30/h2-9,18-19,22-23H,10-17H2,1H3,(H,34,35)(H2,31,32,33)/t22-,23+. The number of nitrogen functional groups attached to an aromatic ring is 1. The fourth-order valence-electron chi connectivity index (χ4n) is 6.28. The van der Waals surface area contributed by atoms with Crippen LogP contribution in [0.25, 0.3) is 33.3 Å². The average molecular weight is 523 g/mol. The molecule has 0 unspecified atom stereocenters. The van der Waals surface area contributed by atoms with Crippen LogP contribution in [0.4, 0.5) is 17.5 Å². The van der Waals surface area contributed by atoms with Crippen molar-refractivity contribution in [1.82, 2.24) is 29.3 Å². The minimum Gasteiger partial charge on any atom is -0.423 e. The number of hydrogen-bond acceptors (Lipinski definition) is 8. The van der Waals surface area contributed by atoms with Crippen LogP contribution >= 0.6 is 0 Å². The summed E-state index contributed by atoms with van der Waals surface area (Å²) in [6, 6.07) is 17.6. The third-order valence-electron chi connectivity index (χ3n) is 8.49.